The number of carbonyl (C=O) groups excluding carboxylic acids is 2. The first-order valence-electron chi connectivity index (χ1n) is 13.6. The quantitative estimate of drug-likeness (QED) is 0.0751. The zero-order valence-electron chi connectivity index (χ0n) is 20.9. The van der Waals surface area contributed by atoms with E-state index in [-0.39, 0.29) is 12.8 Å². The van der Waals surface area contributed by atoms with Crippen LogP contribution in [0.1, 0.15) is 142 Å². The first-order chi connectivity index (χ1) is 15.8. The average molecular weight is 489 g/mol. The fourth-order valence-electron chi connectivity index (χ4n) is 4.68. The van der Waals surface area contributed by atoms with E-state index < -0.39 is 33.2 Å². The van der Waals surface area contributed by atoms with Crippen molar-refractivity contribution in [1.82, 2.24) is 0 Å². The van der Waals surface area contributed by atoms with Crippen LogP contribution in [0.25, 0.3) is 0 Å². The second kappa shape index (κ2) is 18.4. The topological polar surface area (TPSA) is 97.7 Å². The highest BCUT2D eigenvalue weighted by molar-refractivity contribution is 7.86. The molecule has 1 saturated heterocycles. The van der Waals surface area contributed by atoms with Crippen LogP contribution in [0.5, 0.6) is 0 Å². The Hall–Kier alpha value is -0.950. The molecule has 7 heteroatoms. The Bertz CT molecular complexity index is 631. The highest BCUT2D eigenvalue weighted by Crippen LogP contribution is 2.26. The van der Waals surface area contributed by atoms with Crippen molar-refractivity contribution in [1.29, 1.82) is 0 Å². The van der Waals surface area contributed by atoms with E-state index in [2.05, 4.69) is 11.7 Å². The molecule has 2 unspecified atom stereocenters. The monoisotopic (exact) mass is 488 g/mol. The molecule has 6 nitrogen and oxygen atoms in total. The van der Waals surface area contributed by atoms with E-state index in [4.69, 9.17) is 0 Å². The SMILES string of the molecule is CCCCCCCCCCCCCCCCCCCCC(CC1CC(=O)OC1=O)S(=O)(=O)O. The van der Waals surface area contributed by atoms with Crippen LogP contribution in [0, 0.1) is 5.92 Å². The summed E-state index contributed by atoms with van der Waals surface area (Å²) in [6.07, 6.45) is 23.0. The zero-order chi connectivity index (χ0) is 24.4. The largest absolute Gasteiger partial charge is 0.393 e. The number of cyclic esters (lactones) is 2. The molecule has 0 aromatic heterocycles. The van der Waals surface area contributed by atoms with E-state index in [0.717, 1.165) is 19.3 Å². The Morgan fingerprint density at radius 3 is 1.48 bits per heavy atom. The lowest BCUT2D eigenvalue weighted by molar-refractivity contribution is -0.153. The molecule has 0 bridgehead atoms. The molecule has 0 aromatic carbocycles. The molecule has 0 radical (unpaired) electrons. The molecule has 0 saturated carbocycles. The van der Waals surface area contributed by atoms with E-state index in [0.29, 0.717) is 12.8 Å². The highest BCUT2D eigenvalue weighted by atomic mass is 32.2. The maximum absolute atomic E-state index is 11.6. The van der Waals surface area contributed by atoms with E-state index in [1.54, 1.807) is 0 Å². The van der Waals surface area contributed by atoms with Gasteiger partial charge in [-0.25, -0.2) is 0 Å². The summed E-state index contributed by atoms with van der Waals surface area (Å²) >= 11 is 0. The molecule has 1 aliphatic rings. The minimum absolute atomic E-state index is 0.0393. The number of esters is 2. The van der Waals surface area contributed by atoms with Crippen molar-refractivity contribution in [2.45, 2.75) is 147 Å². The second-order valence-corrected chi connectivity index (χ2v) is 11.6. The Balaban J connectivity index is 1.93. The maximum Gasteiger partial charge on any atom is 0.317 e. The maximum atomic E-state index is 11.6. The third-order valence-electron chi connectivity index (χ3n) is 6.81. The summed E-state index contributed by atoms with van der Waals surface area (Å²) in [5, 5.41) is -0.998. The molecule has 1 fully saturated rings. The van der Waals surface area contributed by atoms with Crippen molar-refractivity contribution in [2.24, 2.45) is 5.92 Å². The van der Waals surface area contributed by atoms with Crippen LogP contribution in [0.3, 0.4) is 0 Å². The van der Waals surface area contributed by atoms with Gasteiger partial charge in [-0.05, 0) is 12.8 Å². The van der Waals surface area contributed by atoms with Gasteiger partial charge in [0.1, 0.15) is 0 Å². The van der Waals surface area contributed by atoms with Crippen LogP contribution in [0.4, 0.5) is 0 Å². The summed E-state index contributed by atoms with van der Waals surface area (Å²) in [7, 11) is -4.24. The molecule has 1 aliphatic heterocycles. The summed E-state index contributed by atoms with van der Waals surface area (Å²) in [6.45, 7) is 2.26. The van der Waals surface area contributed by atoms with Crippen LogP contribution in [0.2, 0.25) is 0 Å². The lowest BCUT2D eigenvalue weighted by Crippen LogP contribution is -2.25. The van der Waals surface area contributed by atoms with E-state index in [9.17, 15) is 22.6 Å². The molecule has 0 spiro atoms. The van der Waals surface area contributed by atoms with Gasteiger partial charge in [-0.2, -0.15) is 8.42 Å². The Labute approximate surface area is 202 Å². The standard InChI is InChI=1S/C26H48O6S/c1-2-3-4-5-6-7-8-9-10-11-12-13-14-15-16-17-18-19-20-24(33(29,30)31)21-23-22-25(27)32-26(23)28/h23-24H,2-22H2,1H3,(H,29,30,31). The normalized spacial score (nSPS) is 17.5. The van der Waals surface area contributed by atoms with Crippen LogP contribution in [-0.4, -0.2) is 30.2 Å². The van der Waals surface area contributed by atoms with Crippen LogP contribution < -0.4 is 0 Å². The summed E-state index contributed by atoms with van der Waals surface area (Å²) in [5.41, 5.74) is 0. The predicted octanol–water partition coefficient (Wildman–Crippen LogP) is 7.15. The summed E-state index contributed by atoms with van der Waals surface area (Å²) in [5.74, 6) is -2.04. The molecule has 2 atom stereocenters. The molecule has 1 heterocycles. The van der Waals surface area contributed by atoms with Gasteiger partial charge in [0.05, 0.1) is 17.6 Å². The fourth-order valence-corrected chi connectivity index (χ4v) is 5.62. The zero-order valence-corrected chi connectivity index (χ0v) is 21.7. The average Bonchev–Trinajstić information content (AvgIpc) is 3.07. The van der Waals surface area contributed by atoms with Gasteiger partial charge < -0.3 is 4.74 Å². The summed E-state index contributed by atoms with van der Waals surface area (Å²) in [4.78, 5) is 22.7. The van der Waals surface area contributed by atoms with Crippen molar-refractivity contribution >= 4 is 22.1 Å². The fraction of sp³-hybridized carbons (Fsp3) is 0.923. The smallest absolute Gasteiger partial charge is 0.317 e. The molecule has 0 aromatic rings. The molecule has 0 amide bonds. The van der Waals surface area contributed by atoms with Gasteiger partial charge in [-0.15, -0.1) is 0 Å². The Morgan fingerprint density at radius 1 is 0.758 bits per heavy atom. The predicted molar refractivity (Wildman–Crippen MR) is 133 cm³/mol. The Kier molecular flexibility index (Phi) is 16.8. The molecule has 33 heavy (non-hydrogen) atoms. The minimum Gasteiger partial charge on any atom is -0.393 e. The van der Waals surface area contributed by atoms with Crippen molar-refractivity contribution < 1.29 is 27.3 Å². The highest BCUT2D eigenvalue weighted by Gasteiger charge is 2.37. The second-order valence-electron chi connectivity index (χ2n) is 9.87. The van der Waals surface area contributed by atoms with Crippen LogP contribution in [0.15, 0.2) is 0 Å². The number of hydrogen-bond acceptors (Lipinski definition) is 5. The van der Waals surface area contributed by atoms with Crippen molar-refractivity contribution in [3.8, 4) is 0 Å². The van der Waals surface area contributed by atoms with Gasteiger partial charge in [-0.1, -0.05) is 122 Å². The molecule has 194 valence electrons. The summed E-state index contributed by atoms with van der Waals surface area (Å²) < 4.78 is 37.2. The van der Waals surface area contributed by atoms with E-state index in [1.165, 1.54) is 89.9 Å². The number of carbonyl (C=O) groups is 2. The number of unbranched alkanes of at least 4 members (excludes halogenated alkanes) is 17. The molecule has 1 rings (SSSR count). The lowest BCUT2D eigenvalue weighted by atomic mass is 9.98. The van der Waals surface area contributed by atoms with Crippen molar-refractivity contribution in [3.05, 3.63) is 0 Å². The van der Waals surface area contributed by atoms with Crippen LogP contribution >= 0.6 is 0 Å². The Morgan fingerprint density at radius 2 is 1.15 bits per heavy atom. The number of rotatable bonds is 22. The third kappa shape index (κ3) is 15.5. The number of hydrogen-bond donors (Lipinski definition) is 1. The van der Waals surface area contributed by atoms with Gasteiger partial charge >= 0.3 is 11.9 Å². The lowest BCUT2D eigenvalue weighted by Gasteiger charge is -2.15. The van der Waals surface area contributed by atoms with Gasteiger partial charge in [-0.3, -0.25) is 14.1 Å². The van der Waals surface area contributed by atoms with Crippen LogP contribution in [-0.2, 0) is 24.4 Å². The van der Waals surface area contributed by atoms with Gasteiger partial charge in [0.2, 0.25) is 0 Å². The van der Waals surface area contributed by atoms with Gasteiger partial charge in [0.15, 0.2) is 0 Å². The molecule has 0 aliphatic carbocycles. The van der Waals surface area contributed by atoms with Crippen molar-refractivity contribution in [3.63, 3.8) is 0 Å². The molecular formula is C26H48O6S. The molecular weight excluding hydrogens is 440 g/mol. The van der Waals surface area contributed by atoms with E-state index >= 15 is 0 Å². The third-order valence-corrected chi connectivity index (χ3v) is 8.08. The summed E-state index contributed by atoms with van der Waals surface area (Å²) in [6, 6.07) is 0. The first-order valence-corrected chi connectivity index (χ1v) is 15.1. The van der Waals surface area contributed by atoms with E-state index in [1.807, 2.05) is 0 Å². The number of ether oxygens (including phenoxy) is 1. The molecule has 1 N–H and O–H groups in total. The van der Waals surface area contributed by atoms with Crippen molar-refractivity contribution in [2.75, 3.05) is 0 Å². The minimum atomic E-state index is -4.24. The van der Waals surface area contributed by atoms with Gasteiger partial charge in [0.25, 0.3) is 10.1 Å². The van der Waals surface area contributed by atoms with Gasteiger partial charge in [0, 0.05) is 0 Å². The first kappa shape index (κ1) is 30.1.